The molecular formula is C23H30N4OS. The number of hydrogen-bond acceptors (Lipinski definition) is 5. The van der Waals surface area contributed by atoms with Crippen LogP contribution in [-0.4, -0.2) is 67.0 Å². The lowest BCUT2D eigenvalue weighted by Crippen LogP contribution is -2.45. The van der Waals surface area contributed by atoms with Gasteiger partial charge in [0.25, 0.3) is 5.91 Å². The molecule has 154 valence electrons. The molecule has 1 fully saturated rings. The first kappa shape index (κ1) is 20.4. The van der Waals surface area contributed by atoms with Gasteiger partial charge in [0.2, 0.25) is 0 Å². The number of carbonyl (C=O) groups excluding carboxylic acids is 1. The zero-order valence-electron chi connectivity index (χ0n) is 17.4. The first-order chi connectivity index (χ1) is 14.1. The van der Waals surface area contributed by atoms with Crippen LogP contribution < -0.4 is 5.32 Å². The highest BCUT2D eigenvalue weighted by Gasteiger charge is 2.20. The van der Waals surface area contributed by atoms with E-state index < -0.39 is 0 Å². The lowest BCUT2D eigenvalue weighted by molar-refractivity contribution is 0.0951. The first-order valence-corrected chi connectivity index (χ1v) is 11.5. The van der Waals surface area contributed by atoms with Crippen molar-refractivity contribution in [1.29, 1.82) is 0 Å². The van der Waals surface area contributed by atoms with Crippen molar-refractivity contribution in [3.63, 3.8) is 0 Å². The summed E-state index contributed by atoms with van der Waals surface area (Å²) in [5, 5.41) is 6.53. The average molecular weight is 411 g/mol. The Labute approximate surface area is 177 Å². The van der Waals surface area contributed by atoms with Crippen molar-refractivity contribution in [2.75, 3.05) is 46.3 Å². The van der Waals surface area contributed by atoms with E-state index in [0.29, 0.717) is 11.8 Å². The van der Waals surface area contributed by atoms with E-state index in [0.717, 1.165) is 73.3 Å². The maximum atomic E-state index is 13.0. The minimum absolute atomic E-state index is 0.0126. The summed E-state index contributed by atoms with van der Waals surface area (Å²) >= 11 is 1.78. The second-order valence-corrected chi connectivity index (χ2v) is 9.22. The van der Waals surface area contributed by atoms with Gasteiger partial charge in [-0.15, -0.1) is 11.8 Å². The number of thioether (sulfide) groups is 1. The lowest BCUT2D eigenvalue weighted by Gasteiger charge is -2.32. The van der Waals surface area contributed by atoms with E-state index in [9.17, 15) is 4.79 Å². The van der Waals surface area contributed by atoms with Gasteiger partial charge in [0.1, 0.15) is 0 Å². The molecule has 2 aliphatic heterocycles. The van der Waals surface area contributed by atoms with Crippen LogP contribution in [0.5, 0.6) is 0 Å². The third kappa shape index (κ3) is 5.00. The van der Waals surface area contributed by atoms with Crippen LogP contribution in [0.1, 0.15) is 39.7 Å². The summed E-state index contributed by atoms with van der Waals surface area (Å²) in [5.74, 6) is 0.0126. The first-order valence-electron chi connectivity index (χ1n) is 10.5. The van der Waals surface area contributed by atoms with E-state index >= 15 is 0 Å². The topological polar surface area (TPSA) is 48.5 Å². The normalized spacial score (nSPS) is 20.4. The van der Waals surface area contributed by atoms with Crippen LogP contribution in [0.3, 0.4) is 0 Å². The second kappa shape index (κ2) is 9.28. The summed E-state index contributed by atoms with van der Waals surface area (Å²) in [7, 11) is 2.17. The number of likely N-dealkylation sites (N-methyl/N-ethyl adjacent to an activating group) is 1. The Bertz CT molecular complexity index is 897. The highest BCUT2D eigenvalue weighted by molar-refractivity contribution is 8.02. The molecule has 2 aliphatic rings. The standard InChI is InChI=1S/C23H30N4OS/c1-17-6-7-20-18(15-17)19(16-21(25-20)22-5-3-14-29-22)23(28)24-8-4-9-27-12-10-26(2)11-13-27/h3,6-7,14-16,22H,4-5,8-13H2,1-2H3,(H,24,28). The molecule has 3 heterocycles. The summed E-state index contributed by atoms with van der Waals surface area (Å²) in [6.07, 6.45) is 4.13. The highest BCUT2D eigenvalue weighted by Crippen LogP contribution is 2.38. The summed E-state index contributed by atoms with van der Waals surface area (Å²) in [6, 6.07) is 8.18. The van der Waals surface area contributed by atoms with Crippen molar-refractivity contribution in [2.45, 2.75) is 25.0 Å². The predicted molar refractivity (Wildman–Crippen MR) is 121 cm³/mol. The van der Waals surface area contributed by atoms with Gasteiger partial charge in [-0.1, -0.05) is 17.7 Å². The molecule has 0 aliphatic carbocycles. The fraction of sp³-hybridized carbons (Fsp3) is 0.478. The van der Waals surface area contributed by atoms with Crippen LogP contribution in [-0.2, 0) is 0 Å². The molecule has 4 rings (SSSR count). The number of hydrogen-bond donors (Lipinski definition) is 1. The van der Waals surface area contributed by atoms with Crippen LogP contribution in [0, 0.1) is 6.92 Å². The third-order valence-electron chi connectivity index (χ3n) is 5.78. The Morgan fingerprint density at radius 2 is 2.07 bits per heavy atom. The molecule has 6 heteroatoms. The van der Waals surface area contributed by atoms with Crippen molar-refractivity contribution in [3.05, 3.63) is 52.6 Å². The van der Waals surface area contributed by atoms with Crippen molar-refractivity contribution in [3.8, 4) is 0 Å². The molecular weight excluding hydrogens is 380 g/mol. The molecule has 1 saturated heterocycles. The molecule has 1 amide bonds. The lowest BCUT2D eigenvalue weighted by atomic mass is 10.0. The molecule has 0 saturated carbocycles. The van der Waals surface area contributed by atoms with Crippen molar-refractivity contribution in [2.24, 2.45) is 0 Å². The van der Waals surface area contributed by atoms with Crippen molar-refractivity contribution >= 4 is 28.6 Å². The van der Waals surface area contributed by atoms with Crippen LogP contribution >= 0.6 is 11.8 Å². The van der Waals surface area contributed by atoms with E-state index in [1.54, 1.807) is 11.8 Å². The molecule has 1 atom stereocenters. The van der Waals surface area contributed by atoms with Crippen LogP contribution in [0.2, 0.25) is 0 Å². The smallest absolute Gasteiger partial charge is 0.252 e. The van der Waals surface area contributed by atoms with E-state index in [4.69, 9.17) is 4.98 Å². The molecule has 1 unspecified atom stereocenters. The van der Waals surface area contributed by atoms with Gasteiger partial charge < -0.3 is 15.1 Å². The molecule has 0 bridgehead atoms. The van der Waals surface area contributed by atoms with Crippen molar-refractivity contribution in [1.82, 2.24) is 20.1 Å². The van der Waals surface area contributed by atoms with Gasteiger partial charge in [-0.25, -0.2) is 0 Å². The number of nitrogens with one attached hydrogen (secondary N) is 1. The largest absolute Gasteiger partial charge is 0.352 e. The van der Waals surface area contributed by atoms with Gasteiger partial charge in [-0.05, 0) is 57.0 Å². The number of aromatic nitrogens is 1. The number of rotatable bonds is 6. The predicted octanol–water partition coefficient (Wildman–Crippen LogP) is 3.60. The van der Waals surface area contributed by atoms with Crippen molar-refractivity contribution < 1.29 is 4.79 Å². The Balaban J connectivity index is 1.43. The molecule has 5 nitrogen and oxygen atoms in total. The SMILES string of the molecule is Cc1ccc2nc(C3CC=CS3)cc(C(=O)NCCCN3CCN(C)CC3)c2c1. The maximum Gasteiger partial charge on any atom is 0.252 e. The number of aryl methyl sites for hydroxylation is 1. The number of allylic oxidation sites excluding steroid dienone is 1. The number of fused-ring (bicyclic) bond motifs is 1. The van der Waals surface area contributed by atoms with E-state index in [-0.39, 0.29) is 5.91 Å². The Morgan fingerprint density at radius 3 is 2.83 bits per heavy atom. The van der Waals surface area contributed by atoms with E-state index in [2.05, 4.69) is 52.7 Å². The van der Waals surface area contributed by atoms with Gasteiger partial charge >= 0.3 is 0 Å². The number of pyridine rings is 1. The quantitative estimate of drug-likeness (QED) is 0.738. The molecule has 1 N–H and O–H groups in total. The molecule has 1 aromatic heterocycles. The average Bonchev–Trinajstić information content (AvgIpc) is 3.26. The summed E-state index contributed by atoms with van der Waals surface area (Å²) in [4.78, 5) is 22.8. The Hall–Kier alpha value is -1.89. The Morgan fingerprint density at radius 1 is 1.24 bits per heavy atom. The Kier molecular flexibility index (Phi) is 6.53. The van der Waals surface area contributed by atoms with Crippen LogP contribution in [0.25, 0.3) is 10.9 Å². The monoisotopic (exact) mass is 410 g/mol. The summed E-state index contributed by atoms with van der Waals surface area (Å²) in [5.41, 5.74) is 3.80. The fourth-order valence-electron chi connectivity index (χ4n) is 3.96. The maximum absolute atomic E-state index is 13.0. The zero-order chi connectivity index (χ0) is 20.2. The van der Waals surface area contributed by atoms with E-state index in [1.165, 1.54) is 0 Å². The zero-order valence-corrected chi connectivity index (χ0v) is 18.2. The minimum atomic E-state index is 0.0126. The minimum Gasteiger partial charge on any atom is -0.352 e. The fourth-order valence-corrected chi connectivity index (χ4v) is 4.85. The molecule has 0 radical (unpaired) electrons. The number of nitrogens with zero attached hydrogens (tertiary/aromatic N) is 3. The highest BCUT2D eigenvalue weighted by atomic mass is 32.2. The van der Waals surface area contributed by atoms with Gasteiger partial charge in [0, 0.05) is 38.1 Å². The molecule has 0 spiro atoms. The number of piperazine rings is 1. The van der Waals surface area contributed by atoms with Gasteiger partial charge in [0.05, 0.1) is 22.0 Å². The summed E-state index contributed by atoms with van der Waals surface area (Å²) < 4.78 is 0. The van der Waals surface area contributed by atoms with Crippen LogP contribution in [0.15, 0.2) is 35.7 Å². The molecule has 1 aromatic carbocycles. The van der Waals surface area contributed by atoms with Gasteiger partial charge in [-0.3, -0.25) is 9.78 Å². The van der Waals surface area contributed by atoms with Gasteiger partial charge in [0.15, 0.2) is 0 Å². The number of amides is 1. The third-order valence-corrected chi connectivity index (χ3v) is 6.89. The van der Waals surface area contributed by atoms with Gasteiger partial charge in [-0.2, -0.15) is 0 Å². The number of benzene rings is 1. The second-order valence-electron chi connectivity index (χ2n) is 8.10. The number of carbonyl (C=O) groups is 1. The molecule has 29 heavy (non-hydrogen) atoms. The summed E-state index contributed by atoms with van der Waals surface area (Å²) in [6.45, 7) is 8.30. The van der Waals surface area contributed by atoms with E-state index in [1.807, 2.05) is 12.1 Å². The van der Waals surface area contributed by atoms with Crippen LogP contribution in [0.4, 0.5) is 0 Å². The molecule has 2 aromatic rings.